The van der Waals surface area contributed by atoms with E-state index in [0.29, 0.717) is 16.7 Å². The quantitative estimate of drug-likeness (QED) is 0.495. The molecule has 4 N–H and O–H groups in total. The molecule has 0 aliphatic carbocycles. The maximum absolute atomic E-state index is 12.4. The zero-order valence-electron chi connectivity index (χ0n) is 14.9. The average Bonchev–Trinajstić information content (AvgIpc) is 3.22. The standard InChI is InChI=1S/C18H19N5O5/c1-18(27)13(25)11(7-24)28-17(18)23-9-21-12-14(19-8-20-15(12)23)22-16(26)10-5-3-2-4-6-10/h2-6,8-9,11,13,17,24-25,27H,7H2,1H3,(H,19,20,22,26). The van der Waals surface area contributed by atoms with E-state index in [4.69, 9.17) is 4.74 Å². The number of anilines is 1. The Balaban J connectivity index is 1.69. The minimum Gasteiger partial charge on any atom is -0.394 e. The summed E-state index contributed by atoms with van der Waals surface area (Å²) >= 11 is 0. The number of nitrogens with zero attached hydrogens (tertiary/aromatic N) is 4. The molecule has 1 amide bonds. The van der Waals surface area contributed by atoms with E-state index in [2.05, 4.69) is 20.3 Å². The molecule has 4 unspecified atom stereocenters. The van der Waals surface area contributed by atoms with Gasteiger partial charge >= 0.3 is 0 Å². The van der Waals surface area contributed by atoms with Crippen molar-refractivity contribution in [2.75, 3.05) is 11.9 Å². The summed E-state index contributed by atoms with van der Waals surface area (Å²) in [5.74, 6) is -0.149. The average molecular weight is 385 g/mol. The van der Waals surface area contributed by atoms with E-state index in [-0.39, 0.29) is 11.7 Å². The summed E-state index contributed by atoms with van der Waals surface area (Å²) in [7, 11) is 0. The van der Waals surface area contributed by atoms with E-state index < -0.39 is 30.6 Å². The summed E-state index contributed by atoms with van der Waals surface area (Å²) in [6.07, 6.45) is -0.638. The van der Waals surface area contributed by atoms with Gasteiger partial charge in [-0.1, -0.05) is 18.2 Å². The highest BCUT2D eigenvalue weighted by molar-refractivity contribution is 6.06. The topological polar surface area (TPSA) is 143 Å². The van der Waals surface area contributed by atoms with Crippen LogP contribution < -0.4 is 5.32 Å². The molecule has 146 valence electrons. The highest BCUT2D eigenvalue weighted by atomic mass is 16.6. The van der Waals surface area contributed by atoms with Crippen LogP contribution in [0.5, 0.6) is 0 Å². The van der Waals surface area contributed by atoms with Gasteiger partial charge in [0.15, 0.2) is 23.2 Å². The Morgan fingerprint density at radius 1 is 1.29 bits per heavy atom. The number of hydrogen-bond donors (Lipinski definition) is 4. The molecular weight excluding hydrogens is 366 g/mol. The number of carbonyl (C=O) groups is 1. The SMILES string of the molecule is CC1(O)C(O)C(CO)OC1n1cnc2c(NC(=O)c3ccccc3)ncnc21. The Morgan fingerprint density at radius 3 is 2.71 bits per heavy atom. The summed E-state index contributed by atoms with van der Waals surface area (Å²) in [6, 6.07) is 8.66. The van der Waals surface area contributed by atoms with Gasteiger partial charge in [-0.05, 0) is 19.1 Å². The molecule has 2 aromatic heterocycles. The number of aromatic nitrogens is 4. The largest absolute Gasteiger partial charge is 0.394 e. The molecule has 0 bridgehead atoms. The molecule has 0 saturated carbocycles. The number of nitrogens with one attached hydrogen (secondary N) is 1. The molecule has 1 aromatic carbocycles. The van der Waals surface area contributed by atoms with Crippen molar-refractivity contribution in [2.24, 2.45) is 0 Å². The molecule has 3 heterocycles. The van der Waals surface area contributed by atoms with E-state index in [1.807, 2.05) is 6.07 Å². The molecule has 10 nitrogen and oxygen atoms in total. The number of carbonyl (C=O) groups excluding carboxylic acids is 1. The summed E-state index contributed by atoms with van der Waals surface area (Å²) < 4.78 is 7.04. The lowest BCUT2D eigenvalue weighted by molar-refractivity contribution is -0.0950. The zero-order chi connectivity index (χ0) is 19.9. The maximum atomic E-state index is 12.4. The van der Waals surface area contributed by atoms with Crippen molar-refractivity contribution >= 4 is 22.9 Å². The Bertz CT molecular complexity index is 1010. The van der Waals surface area contributed by atoms with Gasteiger partial charge in [-0.25, -0.2) is 15.0 Å². The van der Waals surface area contributed by atoms with Gasteiger partial charge in [0.05, 0.1) is 12.9 Å². The summed E-state index contributed by atoms with van der Waals surface area (Å²) in [5, 5.41) is 32.9. The van der Waals surface area contributed by atoms with Gasteiger partial charge in [0.25, 0.3) is 5.91 Å². The van der Waals surface area contributed by atoms with E-state index in [9.17, 15) is 20.1 Å². The van der Waals surface area contributed by atoms with Crippen molar-refractivity contribution in [2.45, 2.75) is 31.0 Å². The van der Waals surface area contributed by atoms with Gasteiger partial charge in [-0.15, -0.1) is 0 Å². The third kappa shape index (κ3) is 2.92. The number of ether oxygens (including phenoxy) is 1. The molecule has 1 aliphatic heterocycles. The van der Waals surface area contributed by atoms with Crippen LogP contribution in [-0.2, 0) is 4.74 Å². The molecule has 1 saturated heterocycles. The predicted molar refractivity (Wildman–Crippen MR) is 97.3 cm³/mol. The second-order valence-electron chi connectivity index (χ2n) is 6.75. The number of imidazole rings is 1. The number of amides is 1. The first-order chi connectivity index (χ1) is 13.4. The molecule has 3 aromatic rings. The number of benzene rings is 1. The number of hydrogen-bond acceptors (Lipinski definition) is 8. The van der Waals surface area contributed by atoms with Crippen LogP contribution in [0.3, 0.4) is 0 Å². The van der Waals surface area contributed by atoms with Crippen LogP contribution in [0.15, 0.2) is 43.0 Å². The van der Waals surface area contributed by atoms with Gasteiger partial charge < -0.3 is 25.4 Å². The summed E-state index contributed by atoms with van der Waals surface area (Å²) in [4.78, 5) is 24.9. The van der Waals surface area contributed by atoms with Crippen LogP contribution in [-0.4, -0.2) is 65.2 Å². The lowest BCUT2D eigenvalue weighted by atomic mass is 9.96. The number of aliphatic hydroxyl groups excluding tert-OH is 2. The molecule has 10 heteroatoms. The summed E-state index contributed by atoms with van der Waals surface area (Å²) in [6.45, 7) is 0.955. The Labute approximate surface area is 159 Å². The number of rotatable bonds is 4. The van der Waals surface area contributed by atoms with E-state index in [0.717, 1.165) is 0 Å². The first-order valence-corrected chi connectivity index (χ1v) is 8.64. The molecule has 4 rings (SSSR count). The van der Waals surface area contributed by atoms with Crippen molar-refractivity contribution < 1.29 is 24.9 Å². The number of aliphatic hydroxyl groups is 3. The van der Waals surface area contributed by atoms with Crippen molar-refractivity contribution in [3.05, 3.63) is 48.5 Å². The third-order valence-corrected chi connectivity index (χ3v) is 4.81. The fraction of sp³-hybridized carbons (Fsp3) is 0.333. The lowest BCUT2D eigenvalue weighted by Gasteiger charge is -2.27. The van der Waals surface area contributed by atoms with Crippen LogP contribution in [0.25, 0.3) is 11.2 Å². The molecule has 4 atom stereocenters. The van der Waals surface area contributed by atoms with Gasteiger partial charge in [0.2, 0.25) is 0 Å². The Hall–Kier alpha value is -2.92. The highest BCUT2D eigenvalue weighted by Gasteiger charge is 2.53. The Kier molecular flexibility index (Phi) is 4.55. The van der Waals surface area contributed by atoms with Crippen molar-refractivity contribution in [1.82, 2.24) is 19.5 Å². The van der Waals surface area contributed by atoms with Gasteiger partial charge in [-0.3, -0.25) is 9.36 Å². The smallest absolute Gasteiger partial charge is 0.256 e. The fourth-order valence-corrected chi connectivity index (χ4v) is 3.27. The summed E-state index contributed by atoms with van der Waals surface area (Å²) in [5.41, 5.74) is -0.619. The van der Waals surface area contributed by atoms with E-state index in [1.165, 1.54) is 24.1 Å². The monoisotopic (exact) mass is 385 g/mol. The Morgan fingerprint density at radius 2 is 2.04 bits per heavy atom. The van der Waals surface area contributed by atoms with Crippen LogP contribution >= 0.6 is 0 Å². The second-order valence-corrected chi connectivity index (χ2v) is 6.75. The van der Waals surface area contributed by atoms with Gasteiger partial charge in [-0.2, -0.15) is 0 Å². The first-order valence-electron chi connectivity index (χ1n) is 8.64. The predicted octanol–water partition coefficient (Wildman–Crippen LogP) is 0.0802. The molecule has 1 fully saturated rings. The second kappa shape index (κ2) is 6.91. The fourth-order valence-electron chi connectivity index (χ4n) is 3.27. The van der Waals surface area contributed by atoms with Gasteiger partial charge in [0.1, 0.15) is 24.1 Å². The maximum Gasteiger partial charge on any atom is 0.256 e. The molecule has 1 aliphatic rings. The van der Waals surface area contributed by atoms with E-state index in [1.54, 1.807) is 24.3 Å². The first kappa shape index (κ1) is 18.4. The number of fused-ring (bicyclic) bond motifs is 1. The van der Waals surface area contributed by atoms with Crippen LogP contribution in [0.4, 0.5) is 5.82 Å². The molecule has 0 spiro atoms. The van der Waals surface area contributed by atoms with Crippen molar-refractivity contribution in [3.8, 4) is 0 Å². The van der Waals surface area contributed by atoms with Crippen LogP contribution in [0.1, 0.15) is 23.5 Å². The minimum absolute atomic E-state index is 0.203. The van der Waals surface area contributed by atoms with Crippen LogP contribution in [0, 0.1) is 0 Å². The van der Waals surface area contributed by atoms with E-state index >= 15 is 0 Å². The molecular formula is C18H19N5O5. The zero-order valence-corrected chi connectivity index (χ0v) is 14.9. The molecule has 0 radical (unpaired) electrons. The van der Waals surface area contributed by atoms with Crippen LogP contribution in [0.2, 0.25) is 0 Å². The minimum atomic E-state index is -1.68. The normalized spacial score (nSPS) is 27.2. The van der Waals surface area contributed by atoms with Crippen molar-refractivity contribution in [3.63, 3.8) is 0 Å². The highest BCUT2D eigenvalue weighted by Crippen LogP contribution is 2.39. The molecule has 28 heavy (non-hydrogen) atoms. The lowest BCUT2D eigenvalue weighted by Crippen LogP contribution is -2.44. The van der Waals surface area contributed by atoms with Crippen molar-refractivity contribution in [1.29, 1.82) is 0 Å². The third-order valence-electron chi connectivity index (χ3n) is 4.81. The van der Waals surface area contributed by atoms with Gasteiger partial charge in [0, 0.05) is 5.56 Å².